The minimum Gasteiger partial charge on any atom is -0.495 e. The SMILES string of the molecule is CCC(SC1=CNNN1)C(=O)OCC(C)C.COc1ccc(NC(C)=O)cc1NC(=O)C(C)C(C)=O. The van der Waals surface area contributed by atoms with Crippen LogP contribution in [0.3, 0.4) is 0 Å². The highest BCUT2D eigenvalue weighted by Crippen LogP contribution is 2.28. The lowest BCUT2D eigenvalue weighted by Crippen LogP contribution is -2.32. The van der Waals surface area contributed by atoms with Crippen LogP contribution in [0.2, 0.25) is 0 Å². The highest BCUT2D eigenvalue weighted by Gasteiger charge is 2.22. The van der Waals surface area contributed by atoms with Crippen LogP contribution in [0.15, 0.2) is 29.4 Å². The molecule has 1 aromatic carbocycles. The number of hydrogen-bond donors (Lipinski definition) is 5. The maximum Gasteiger partial charge on any atom is 0.319 e. The number of thioether (sulfide) groups is 1. The third-order valence-corrected chi connectivity index (χ3v) is 5.99. The number of amides is 2. The molecule has 11 nitrogen and oxygen atoms in total. The van der Waals surface area contributed by atoms with Crippen LogP contribution in [0, 0.1) is 11.8 Å². The predicted octanol–water partition coefficient (Wildman–Crippen LogP) is 2.93. The van der Waals surface area contributed by atoms with Crippen molar-refractivity contribution >= 4 is 46.7 Å². The maximum atomic E-state index is 11.9. The van der Waals surface area contributed by atoms with Gasteiger partial charge in [-0.15, -0.1) is 0 Å². The number of nitrogens with one attached hydrogen (secondary N) is 5. The molecule has 2 rings (SSSR count). The molecule has 0 saturated carbocycles. The largest absolute Gasteiger partial charge is 0.495 e. The minimum atomic E-state index is -0.746. The molecule has 12 heteroatoms. The topological polar surface area (TPSA) is 147 Å². The Morgan fingerprint density at radius 3 is 2.28 bits per heavy atom. The van der Waals surface area contributed by atoms with Gasteiger partial charge in [-0.25, -0.2) is 0 Å². The van der Waals surface area contributed by atoms with E-state index < -0.39 is 11.8 Å². The molecule has 2 atom stereocenters. The van der Waals surface area contributed by atoms with Crippen LogP contribution in [-0.4, -0.2) is 42.5 Å². The van der Waals surface area contributed by atoms with Crippen molar-refractivity contribution in [3.8, 4) is 5.75 Å². The molecule has 2 unspecified atom stereocenters. The van der Waals surface area contributed by atoms with Gasteiger partial charge in [-0.1, -0.05) is 32.5 Å². The van der Waals surface area contributed by atoms with Gasteiger partial charge in [-0.2, -0.15) is 5.53 Å². The van der Waals surface area contributed by atoms with E-state index in [4.69, 9.17) is 9.47 Å². The van der Waals surface area contributed by atoms with E-state index in [1.54, 1.807) is 24.4 Å². The summed E-state index contributed by atoms with van der Waals surface area (Å²) in [7, 11) is 1.47. The zero-order valence-electron chi connectivity index (χ0n) is 21.8. The molecule has 5 N–H and O–H groups in total. The first kappa shape index (κ1) is 30.8. The molecule has 1 heterocycles. The fraction of sp³-hybridized carbons (Fsp3) is 0.500. The quantitative estimate of drug-likeness (QED) is 0.217. The Bertz CT molecular complexity index is 953. The Hall–Kier alpha value is -3.25. The van der Waals surface area contributed by atoms with Crippen molar-refractivity contribution in [2.45, 2.75) is 53.2 Å². The summed E-state index contributed by atoms with van der Waals surface area (Å²) in [5.74, 6) is -0.929. The molecule has 200 valence electrons. The second-order valence-electron chi connectivity index (χ2n) is 8.36. The highest BCUT2D eigenvalue weighted by molar-refractivity contribution is 8.04. The minimum absolute atomic E-state index is 0.143. The van der Waals surface area contributed by atoms with Gasteiger partial charge in [0.25, 0.3) is 0 Å². The van der Waals surface area contributed by atoms with Crippen LogP contribution in [-0.2, 0) is 23.9 Å². The molecule has 0 spiro atoms. The van der Waals surface area contributed by atoms with Gasteiger partial charge < -0.3 is 25.5 Å². The molecule has 0 aromatic heterocycles. The summed E-state index contributed by atoms with van der Waals surface area (Å²) < 4.78 is 10.3. The van der Waals surface area contributed by atoms with Gasteiger partial charge in [0.1, 0.15) is 21.8 Å². The van der Waals surface area contributed by atoms with E-state index in [2.05, 4.69) is 27.0 Å². The van der Waals surface area contributed by atoms with E-state index in [1.165, 1.54) is 39.6 Å². The van der Waals surface area contributed by atoms with E-state index >= 15 is 0 Å². The number of rotatable bonds is 11. The number of esters is 1. The number of ketones is 1. The summed E-state index contributed by atoms with van der Waals surface area (Å²) in [6.45, 7) is 10.8. The Labute approximate surface area is 216 Å². The summed E-state index contributed by atoms with van der Waals surface area (Å²) in [5.41, 5.74) is 9.35. The van der Waals surface area contributed by atoms with Crippen LogP contribution >= 0.6 is 11.8 Å². The molecule has 0 bridgehead atoms. The molecule has 0 fully saturated rings. The Morgan fingerprint density at radius 2 is 1.78 bits per heavy atom. The number of carbonyl (C=O) groups is 4. The van der Waals surface area contributed by atoms with Crippen LogP contribution in [0.25, 0.3) is 0 Å². The molecule has 2 amide bonds. The van der Waals surface area contributed by atoms with Crippen molar-refractivity contribution in [1.82, 2.24) is 16.4 Å². The second-order valence-corrected chi connectivity index (χ2v) is 9.60. The summed E-state index contributed by atoms with van der Waals surface area (Å²) >= 11 is 1.46. The fourth-order valence-electron chi connectivity index (χ4n) is 2.60. The number of methoxy groups -OCH3 is 1. The Balaban J connectivity index is 0.000000369. The van der Waals surface area contributed by atoms with Crippen LogP contribution in [0.1, 0.15) is 48.0 Å². The maximum absolute atomic E-state index is 11.9. The first-order valence-corrected chi connectivity index (χ1v) is 12.4. The number of hydrogen-bond acceptors (Lipinski definition) is 10. The number of benzene rings is 1. The normalized spacial score (nSPS) is 13.6. The Morgan fingerprint density at radius 1 is 1.08 bits per heavy atom. The second kappa shape index (κ2) is 15.7. The van der Waals surface area contributed by atoms with Crippen LogP contribution in [0.4, 0.5) is 11.4 Å². The van der Waals surface area contributed by atoms with Gasteiger partial charge in [0.15, 0.2) is 0 Å². The van der Waals surface area contributed by atoms with E-state index in [-0.39, 0.29) is 22.9 Å². The van der Waals surface area contributed by atoms with E-state index in [9.17, 15) is 19.2 Å². The average Bonchev–Trinajstić information content (AvgIpc) is 3.34. The zero-order chi connectivity index (χ0) is 27.3. The molecule has 0 radical (unpaired) electrons. The molecular formula is C24H37N5O6S. The molecule has 1 aromatic rings. The van der Waals surface area contributed by atoms with Crippen molar-refractivity contribution in [2.75, 3.05) is 24.4 Å². The van der Waals surface area contributed by atoms with Gasteiger partial charge >= 0.3 is 5.97 Å². The van der Waals surface area contributed by atoms with Gasteiger partial charge in [-0.3, -0.25) is 24.6 Å². The van der Waals surface area contributed by atoms with E-state index in [0.29, 0.717) is 29.6 Å². The lowest BCUT2D eigenvalue weighted by molar-refractivity contribution is -0.144. The van der Waals surface area contributed by atoms with Crippen molar-refractivity contribution in [1.29, 1.82) is 0 Å². The van der Waals surface area contributed by atoms with Crippen molar-refractivity contribution < 1.29 is 28.7 Å². The first-order chi connectivity index (χ1) is 17.0. The number of Topliss-reactive ketones (excluding diaryl/α,β-unsaturated/α-hetero) is 1. The summed E-state index contributed by atoms with van der Waals surface area (Å²) in [5, 5.41) is 5.97. The van der Waals surface area contributed by atoms with Crippen molar-refractivity contribution in [2.24, 2.45) is 11.8 Å². The monoisotopic (exact) mass is 523 g/mol. The van der Waals surface area contributed by atoms with Crippen molar-refractivity contribution in [3.05, 3.63) is 29.4 Å². The van der Waals surface area contributed by atoms with Gasteiger partial charge in [0, 0.05) is 18.8 Å². The molecule has 1 aliphatic heterocycles. The number of ether oxygens (including phenoxy) is 2. The summed E-state index contributed by atoms with van der Waals surface area (Å²) in [4.78, 5) is 45.8. The van der Waals surface area contributed by atoms with Gasteiger partial charge in [0.2, 0.25) is 11.8 Å². The Kier molecular flexibility index (Phi) is 13.4. The predicted molar refractivity (Wildman–Crippen MR) is 141 cm³/mol. The van der Waals surface area contributed by atoms with Crippen LogP contribution < -0.4 is 31.8 Å². The number of carbonyl (C=O) groups excluding carboxylic acids is 4. The number of hydrazine groups is 2. The highest BCUT2D eigenvalue weighted by atomic mass is 32.2. The molecular weight excluding hydrogens is 486 g/mol. The average molecular weight is 524 g/mol. The first-order valence-electron chi connectivity index (χ1n) is 11.5. The zero-order valence-corrected chi connectivity index (χ0v) is 22.6. The standard InChI is InChI=1S/C14H18N2O4.C10H19N3O2S/c1-8(9(2)17)14(19)16-12-7-11(15-10(3)18)5-6-13(12)20-4;1-4-8(10(14)15-6-7(2)3)16-9-5-11-13-12-9/h5-8H,1-4H3,(H,15,18)(H,16,19);5,7-8,11-13H,4,6H2,1-3H3. The fourth-order valence-corrected chi connectivity index (χ4v) is 3.48. The lowest BCUT2D eigenvalue weighted by Gasteiger charge is -2.15. The van der Waals surface area contributed by atoms with Gasteiger partial charge in [0.05, 0.1) is 25.3 Å². The molecule has 36 heavy (non-hydrogen) atoms. The van der Waals surface area contributed by atoms with E-state index in [0.717, 1.165) is 11.4 Å². The van der Waals surface area contributed by atoms with E-state index in [1.807, 2.05) is 20.8 Å². The summed E-state index contributed by atoms with van der Waals surface area (Å²) in [6.07, 6.45) is 2.53. The van der Waals surface area contributed by atoms with Crippen LogP contribution in [0.5, 0.6) is 5.75 Å². The lowest BCUT2D eigenvalue weighted by atomic mass is 10.1. The molecule has 0 aliphatic carbocycles. The number of anilines is 2. The molecule has 0 saturated heterocycles. The smallest absolute Gasteiger partial charge is 0.319 e. The third kappa shape index (κ3) is 11.0. The third-order valence-electron chi connectivity index (χ3n) is 4.70. The molecule has 1 aliphatic rings. The van der Waals surface area contributed by atoms with Crippen molar-refractivity contribution in [3.63, 3.8) is 0 Å². The summed E-state index contributed by atoms with van der Waals surface area (Å²) in [6, 6.07) is 4.86. The van der Waals surface area contributed by atoms with Gasteiger partial charge in [-0.05, 0) is 44.4 Å².